The summed E-state index contributed by atoms with van der Waals surface area (Å²) >= 11 is 0. The third-order valence-electron chi connectivity index (χ3n) is 13.0. The van der Waals surface area contributed by atoms with Crippen LogP contribution >= 0.6 is 0 Å². The number of hydrogen-bond donors (Lipinski definition) is 4. The molecule has 2 aliphatic heterocycles. The molecular weight excluding hydrogens is 817 g/mol. The monoisotopic (exact) mass is 870 g/mol. The minimum absolute atomic E-state index is 0.0422. The number of ether oxygens (including phenoxy) is 3. The number of aromatic nitrogens is 2. The fraction of sp³-hybridized carbons (Fsp3) is 0.725. The lowest BCUT2D eigenvalue weighted by atomic mass is 9.84. The molecule has 60 heavy (non-hydrogen) atoms. The number of amides is 3. The van der Waals surface area contributed by atoms with Gasteiger partial charge in [-0.05, 0) is 75.3 Å². The van der Waals surface area contributed by atoms with Crippen molar-refractivity contribution in [2.45, 2.75) is 146 Å². The number of carbonyl (C=O) groups excluding carboxylic acids is 3. The highest BCUT2D eigenvalue weighted by Crippen LogP contribution is 2.50. The average Bonchev–Trinajstić information content (AvgIpc) is 4.12. The summed E-state index contributed by atoms with van der Waals surface area (Å²) in [7, 11) is -2.87. The molecule has 5 aliphatic rings. The van der Waals surface area contributed by atoms with Gasteiger partial charge in [-0.3, -0.25) is 19.2 Å². The molecule has 0 radical (unpaired) electrons. The Hall–Kier alpha value is -4.04. The molecule has 2 aromatic rings. The number of rotatable bonds is 8. The predicted octanol–water partition coefficient (Wildman–Crippen LogP) is 4.75. The quantitative estimate of drug-likeness (QED) is 0.266. The highest BCUT2D eigenvalue weighted by Gasteiger charge is 2.68. The second kappa shape index (κ2) is 15.7. The second-order valence-corrected chi connectivity index (χ2v) is 20.6. The summed E-state index contributed by atoms with van der Waals surface area (Å²) in [5.74, 6) is -8.79. The molecule has 10 atom stereocenters. The molecule has 0 spiro atoms. The molecule has 3 aliphatic carbocycles. The molecule has 1 aromatic carbocycles. The highest BCUT2D eigenvalue weighted by molar-refractivity contribution is 7.91. The van der Waals surface area contributed by atoms with Crippen molar-refractivity contribution >= 4 is 39.0 Å². The third kappa shape index (κ3) is 8.43. The minimum Gasteiger partial charge on any atom is -0.497 e. The first-order chi connectivity index (χ1) is 28.0. The number of methoxy groups -OCH3 is 1. The van der Waals surface area contributed by atoms with Crippen LogP contribution in [0.25, 0.3) is 11.0 Å². The largest absolute Gasteiger partial charge is 0.497 e. The van der Waals surface area contributed by atoms with Crippen molar-refractivity contribution in [2.24, 2.45) is 23.2 Å². The Kier molecular flexibility index (Phi) is 11.5. The van der Waals surface area contributed by atoms with Crippen molar-refractivity contribution < 1.29 is 59.7 Å². The van der Waals surface area contributed by atoms with Gasteiger partial charge in [0.05, 0.1) is 40.9 Å². The molecule has 3 amide bonds. The number of sulfonamides is 1. The maximum Gasteiger partial charge on any atom is 0.407 e. The summed E-state index contributed by atoms with van der Waals surface area (Å²) in [4.78, 5) is 51.8. The van der Waals surface area contributed by atoms with E-state index in [1.54, 1.807) is 33.8 Å². The van der Waals surface area contributed by atoms with E-state index in [2.05, 4.69) is 20.6 Å². The van der Waals surface area contributed by atoms with E-state index >= 15 is 8.78 Å². The lowest BCUT2D eigenvalue weighted by Crippen LogP contribution is -2.63. The number of nitrogens with one attached hydrogen (secondary N) is 3. The minimum atomic E-state index is -4.30. The molecule has 3 saturated carbocycles. The van der Waals surface area contributed by atoms with Crippen molar-refractivity contribution in [3.63, 3.8) is 0 Å². The molecule has 4 N–H and O–H groups in total. The van der Waals surface area contributed by atoms with Gasteiger partial charge in [0, 0.05) is 24.9 Å². The van der Waals surface area contributed by atoms with Crippen molar-refractivity contribution in [1.29, 1.82) is 0 Å². The van der Waals surface area contributed by atoms with E-state index in [1.165, 1.54) is 31.1 Å². The molecule has 3 heterocycles. The summed E-state index contributed by atoms with van der Waals surface area (Å²) in [6, 6.07) is 1.92. The van der Waals surface area contributed by atoms with Gasteiger partial charge in [-0.15, -0.1) is 0 Å². The number of carbonyl (C=O) groups is 3. The van der Waals surface area contributed by atoms with Crippen LogP contribution in [-0.2, 0) is 30.3 Å². The number of aliphatic hydroxyl groups excluding tert-OH is 1. The lowest BCUT2D eigenvalue weighted by molar-refractivity contribution is -0.138. The van der Waals surface area contributed by atoms with E-state index in [4.69, 9.17) is 14.2 Å². The Morgan fingerprint density at radius 2 is 1.82 bits per heavy atom. The van der Waals surface area contributed by atoms with Crippen LogP contribution < -0.4 is 24.8 Å². The van der Waals surface area contributed by atoms with Gasteiger partial charge >= 0.3 is 6.09 Å². The molecular formula is C40H54F4N6O9S. The van der Waals surface area contributed by atoms with Gasteiger partial charge in [-0.25, -0.2) is 32.0 Å². The molecule has 2 unspecified atom stereocenters. The molecule has 2 bridgehead atoms. The Labute approximate surface area is 346 Å². The number of aliphatic hydroxyl groups is 1. The second-order valence-electron chi connectivity index (χ2n) is 18.4. The fourth-order valence-corrected chi connectivity index (χ4v) is 9.95. The molecule has 15 nitrogen and oxygen atoms in total. The van der Waals surface area contributed by atoms with Gasteiger partial charge < -0.3 is 30.0 Å². The molecule has 332 valence electrons. The Morgan fingerprint density at radius 3 is 2.43 bits per heavy atom. The zero-order valence-corrected chi connectivity index (χ0v) is 35.3. The van der Waals surface area contributed by atoms with Crippen molar-refractivity contribution in [3.05, 3.63) is 23.9 Å². The van der Waals surface area contributed by atoms with Gasteiger partial charge in [0.15, 0.2) is 5.69 Å². The van der Waals surface area contributed by atoms with Gasteiger partial charge in [0.25, 0.3) is 11.8 Å². The first-order valence-electron chi connectivity index (χ1n) is 20.5. The summed E-state index contributed by atoms with van der Waals surface area (Å²) < 4.78 is 106. The number of alkyl carbamates (subject to hydrolysis) is 1. The standard InChI is InChI=1S/C40H54F4N6O9S/c1-7-22-27-19-50(28(22)32(51)48-39(18-23(39)31(41)42)35(53)49-60(55,56)38(5)14-15-38)34(52)30(37(2,3)4)47-36(54)59-26-16-20(26)10-8-9-13-40(43,44)29-33(58-27)46-25-17-21(57-6)11-12-24(25)45-29/h11-12,17,20,22-23,26-28,30-31,34,52H,7-10,13-16,18-19H2,1-6H3,(H,47,54)(H,48,51)(H,49,53)/t20-,22-,23+,26-,27+,28+,30-,34?,39-/m1/s1. The van der Waals surface area contributed by atoms with E-state index in [0.29, 0.717) is 25.0 Å². The zero-order chi connectivity index (χ0) is 43.7. The number of alkyl halides is 4. The predicted molar refractivity (Wildman–Crippen MR) is 208 cm³/mol. The average molecular weight is 871 g/mol. The first kappa shape index (κ1) is 44.0. The number of hydrogen-bond acceptors (Lipinski definition) is 12. The Morgan fingerprint density at radius 1 is 1.10 bits per heavy atom. The summed E-state index contributed by atoms with van der Waals surface area (Å²) in [6.07, 6.45) is -6.28. The Bertz CT molecular complexity index is 2120. The van der Waals surface area contributed by atoms with Crippen LogP contribution in [0.1, 0.15) is 98.1 Å². The third-order valence-corrected chi connectivity index (χ3v) is 15.2. The van der Waals surface area contributed by atoms with Crippen molar-refractivity contribution in [1.82, 2.24) is 30.2 Å². The van der Waals surface area contributed by atoms with Gasteiger partial charge in [0.1, 0.15) is 29.7 Å². The van der Waals surface area contributed by atoms with Crippen LogP contribution in [0.15, 0.2) is 18.2 Å². The zero-order valence-electron chi connectivity index (χ0n) is 34.5. The summed E-state index contributed by atoms with van der Waals surface area (Å²) in [6.45, 7) is 7.95. The van der Waals surface area contributed by atoms with E-state index < -0.39 is 123 Å². The summed E-state index contributed by atoms with van der Waals surface area (Å²) in [5, 5.41) is 17.5. The number of benzene rings is 1. The molecule has 1 saturated heterocycles. The Balaban J connectivity index is 1.30. The first-order valence-corrected chi connectivity index (χ1v) is 22.0. The van der Waals surface area contributed by atoms with Gasteiger partial charge in [0.2, 0.25) is 28.2 Å². The number of fused-ring (bicyclic) bond motifs is 5. The smallest absolute Gasteiger partial charge is 0.407 e. The van der Waals surface area contributed by atoms with Crippen LogP contribution in [0.2, 0.25) is 0 Å². The molecule has 1 aromatic heterocycles. The summed E-state index contributed by atoms with van der Waals surface area (Å²) in [5.41, 5.74) is -3.65. The molecule has 7 rings (SSSR count). The fourth-order valence-electron chi connectivity index (χ4n) is 8.64. The normalized spacial score (nSPS) is 33.7. The van der Waals surface area contributed by atoms with Crippen molar-refractivity contribution in [2.75, 3.05) is 13.7 Å². The van der Waals surface area contributed by atoms with Crippen LogP contribution in [-0.4, -0.2) is 107 Å². The van der Waals surface area contributed by atoms with Crippen LogP contribution in [0.3, 0.4) is 0 Å². The highest BCUT2D eigenvalue weighted by atomic mass is 32.2. The maximum atomic E-state index is 16.4. The molecule has 4 fully saturated rings. The SMILES string of the molecule is CC[C@@H]1[C@@H]2CN(C(O)[C@H](C(C)(C)C)NC(=O)O[C@@H]3C[C@H]3CCCCC(F)(F)c3nc4ccc(OC)cc4nc3O2)[C@@H]1C(=O)N[C@]1(C(=O)NS(=O)(=O)C2(C)CC2)C[C@H]1C(F)F. The van der Waals surface area contributed by atoms with E-state index in [1.807, 2.05) is 4.72 Å². The topological polar surface area (TPSA) is 198 Å². The van der Waals surface area contributed by atoms with Crippen LogP contribution in [0.4, 0.5) is 22.4 Å². The lowest BCUT2D eigenvalue weighted by Gasteiger charge is -2.41. The molecule has 20 heteroatoms. The van der Waals surface area contributed by atoms with Crippen LogP contribution in [0.5, 0.6) is 11.6 Å². The van der Waals surface area contributed by atoms with Gasteiger partial charge in [-0.2, -0.15) is 8.78 Å². The number of halogens is 4. The van der Waals surface area contributed by atoms with Crippen LogP contribution in [0, 0.1) is 23.2 Å². The number of nitrogens with zero attached hydrogens (tertiary/aromatic N) is 3. The van der Waals surface area contributed by atoms with Gasteiger partial charge in [-0.1, -0.05) is 34.1 Å². The van der Waals surface area contributed by atoms with E-state index in [-0.39, 0.29) is 49.2 Å². The van der Waals surface area contributed by atoms with E-state index in [0.717, 1.165) is 0 Å². The van der Waals surface area contributed by atoms with E-state index in [9.17, 15) is 36.7 Å². The maximum absolute atomic E-state index is 16.4. The van der Waals surface area contributed by atoms with Crippen molar-refractivity contribution in [3.8, 4) is 11.6 Å².